The maximum atomic E-state index is 12.8. The number of thiazole rings is 1. The Morgan fingerprint density at radius 2 is 1.82 bits per heavy atom. The molecule has 0 atom stereocenters. The molecule has 9 heteroatoms. The first-order valence-corrected chi connectivity index (χ1v) is 11.8. The smallest absolute Gasteiger partial charge is 0.241 e. The van der Waals surface area contributed by atoms with Crippen LogP contribution in [0.2, 0.25) is 0 Å². The first-order valence-electron chi connectivity index (χ1n) is 10.9. The SMILES string of the molecule is Cc1ccc(-c2noc(CN3CCN(C(=O)Cc4csc(-c5ccc(C)o5)n4)CC3)n2)cc1. The summed E-state index contributed by atoms with van der Waals surface area (Å²) in [5.74, 6) is 2.89. The molecule has 1 saturated heterocycles. The lowest BCUT2D eigenvalue weighted by Gasteiger charge is -2.33. The van der Waals surface area contributed by atoms with E-state index in [0.29, 0.717) is 37.8 Å². The summed E-state index contributed by atoms with van der Waals surface area (Å²) in [5, 5.41) is 6.85. The average Bonchev–Trinajstić information content (AvgIpc) is 3.56. The molecule has 3 aromatic heterocycles. The number of furan rings is 1. The Labute approximate surface area is 195 Å². The summed E-state index contributed by atoms with van der Waals surface area (Å²) in [5.41, 5.74) is 2.92. The Bertz CT molecular complexity index is 1240. The monoisotopic (exact) mass is 463 g/mol. The Morgan fingerprint density at radius 3 is 2.55 bits per heavy atom. The van der Waals surface area contributed by atoms with Crippen molar-refractivity contribution >= 4 is 17.2 Å². The largest absolute Gasteiger partial charge is 0.459 e. The van der Waals surface area contributed by atoms with Gasteiger partial charge >= 0.3 is 0 Å². The number of rotatable bonds is 6. The summed E-state index contributed by atoms with van der Waals surface area (Å²) >= 11 is 1.50. The highest BCUT2D eigenvalue weighted by Gasteiger charge is 2.23. The van der Waals surface area contributed by atoms with Gasteiger partial charge in [0.15, 0.2) is 10.8 Å². The zero-order valence-electron chi connectivity index (χ0n) is 18.7. The Kier molecular flexibility index (Phi) is 6.06. The Hall–Kier alpha value is -3.30. The standard InChI is InChI=1S/C24H25N5O3S/c1-16-3-6-18(7-4-16)23-26-21(32-27-23)14-28-9-11-29(12-10-28)22(30)13-19-15-33-24(25-19)20-8-5-17(2)31-20/h3-8,15H,9-14H2,1-2H3. The van der Waals surface area contributed by atoms with E-state index in [9.17, 15) is 4.79 Å². The van der Waals surface area contributed by atoms with Crippen molar-refractivity contribution in [1.29, 1.82) is 0 Å². The highest BCUT2D eigenvalue weighted by Crippen LogP contribution is 2.26. The van der Waals surface area contributed by atoms with Crippen LogP contribution in [0.25, 0.3) is 22.2 Å². The van der Waals surface area contributed by atoms with Crippen LogP contribution in [0, 0.1) is 13.8 Å². The number of carbonyl (C=O) groups is 1. The molecule has 1 aromatic carbocycles. The lowest BCUT2D eigenvalue weighted by atomic mass is 10.1. The number of amides is 1. The van der Waals surface area contributed by atoms with E-state index in [1.54, 1.807) is 0 Å². The number of hydrogen-bond donors (Lipinski definition) is 0. The third-order valence-corrected chi connectivity index (χ3v) is 6.60. The molecule has 1 amide bonds. The lowest BCUT2D eigenvalue weighted by Crippen LogP contribution is -2.48. The van der Waals surface area contributed by atoms with Crippen molar-refractivity contribution in [3.63, 3.8) is 0 Å². The van der Waals surface area contributed by atoms with Gasteiger partial charge in [0.1, 0.15) is 5.76 Å². The first kappa shape index (κ1) is 21.5. The average molecular weight is 464 g/mol. The van der Waals surface area contributed by atoms with Gasteiger partial charge in [-0.05, 0) is 26.0 Å². The first-order chi connectivity index (χ1) is 16.0. The fourth-order valence-corrected chi connectivity index (χ4v) is 4.58. The normalized spacial score (nSPS) is 14.7. The predicted octanol–water partition coefficient (Wildman–Crippen LogP) is 3.96. The van der Waals surface area contributed by atoms with Crippen LogP contribution < -0.4 is 0 Å². The van der Waals surface area contributed by atoms with E-state index < -0.39 is 0 Å². The van der Waals surface area contributed by atoms with Gasteiger partial charge in [0.2, 0.25) is 17.6 Å². The van der Waals surface area contributed by atoms with Crippen LogP contribution in [0.1, 0.15) is 22.9 Å². The van der Waals surface area contributed by atoms with E-state index >= 15 is 0 Å². The van der Waals surface area contributed by atoms with Gasteiger partial charge in [-0.1, -0.05) is 35.0 Å². The topological polar surface area (TPSA) is 88.5 Å². The summed E-state index contributed by atoms with van der Waals surface area (Å²) < 4.78 is 11.1. The van der Waals surface area contributed by atoms with Crippen molar-refractivity contribution in [2.75, 3.05) is 26.2 Å². The maximum absolute atomic E-state index is 12.8. The Balaban J connectivity index is 1.12. The zero-order chi connectivity index (χ0) is 22.8. The van der Waals surface area contributed by atoms with E-state index in [1.807, 2.05) is 60.5 Å². The van der Waals surface area contributed by atoms with Crippen LogP contribution in [-0.4, -0.2) is 57.0 Å². The quantitative estimate of drug-likeness (QED) is 0.428. The molecule has 4 heterocycles. The fourth-order valence-electron chi connectivity index (χ4n) is 3.80. The fraction of sp³-hybridized carbons (Fsp3) is 0.333. The third-order valence-electron chi connectivity index (χ3n) is 5.70. The molecule has 5 rings (SSSR count). The predicted molar refractivity (Wildman–Crippen MR) is 125 cm³/mol. The summed E-state index contributed by atoms with van der Waals surface area (Å²) in [6.45, 7) is 7.41. The lowest BCUT2D eigenvalue weighted by molar-refractivity contribution is -0.132. The van der Waals surface area contributed by atoms with Gasteiger partial charge in [0, 0.05) is 37.1 Å². The van der Waals surface area contributed by atoms with Crippen LogP contribution in [0.5, 0.6) is 0 Å². The molecule has 0 N–H and O–H groups in total. The van der Waals surface area contributed by atoms with E-state index in [0.717, 1.165) is 40.9 Å². The molecule has 0 bridgehead atoms. The molecule has 0 unspecified atom stereocenters. The summed E-state index contributed by atoms with van der Waals surface area (Å²) in [6.07, 6.45) is 0.305. The van der Waals surface area contributed by atoms with Crippen molar-refractivity contribution in [3.8, 4) is 22.2 Å². The minimum atomic E-state index is 0.0987. The highest BCUT2D eigenvalue weighted by molar-refractivity contribution is 7.13. The second-order valence-electron chi connectivity index (χ2n) is 8.27. The molecule has 0 aliphatic carbocycles. The molecule has 170 valence electrons. The van der Waals surface area contributed by atoms with Crippen molar-refractivity contribution in [1.82, 2.24) is 24.9 Å². The van der Waals surface area contributed by atoms with Crippen LogP contribution in [-0.2, 0) is 17.8 Å². The van der Waals surface area contributed by atoms with E-state index in [-0.39, 0.29) is 5.91 Å². The van der Waals surface area contributed by atoms with E-state index in [1.165, 1.54) is 16.9 Å². The number of piperazine rings is 1. The van der Waals surface area contributed by atoms with Crippen LogP contribution in [0.4, 0.5) is 0 Å². The van der Waals surface area contributed by atoms with Gasteiger partial charge in [-0.25, -0.2) is 4.98 Å². The molecular weight excluding hydrogens is 438 g/mol. The van der Waals surface area contributed by atoms with Crippen LogP contribution >= 0.6 is 11.3 Å². The van der Waals surface area contributed by atoms with Crippen LogP contribution in [0.3, 0.4) is 0 Å². The molecule has 8 nitrogen and oxygen atoms in total. The number of nitrogens with zero attached hydrogens (tertiary/aromatic N) is 5. The van der Waals surface area contributed by atoms with Gasteiger partial charge in [-0.3, -0.25) is 9.69 Å². The molecule has 1 aliphatic heterocycles. The third kappa shape index (κ3) is 5.04. The molecule has 4 aromatic rings. The van der Waals surface area contributed by atoms with E-state index in [4.69, 9.17) is 8.94 Å². The molecule has 0 spiro atoms. The highest BCUT2D eigenvalue weighted by atomic mass is 32.1. The minimum Gasteiger partial charge on any atom is -0.459 e. The minimum absolute atomic E-state index is 0.0987. The molecule has 0 saturated carbocycles. The number of aromatic nitrogens is 3. The Morgan fingerprint density at radius 1 is 1.03 bits per heavy atom. The molecule has 0 radical (unpaired) electrons. The number of carbonyl (C=O) groups excluding carboxylic acids is 1. The van der Waals surface area contributed by atoms with Gasteiger partial charge in [-0.2, -0.15) is 4.98 Å². The second kappa shape index (κ2) is 9.29. The van der Waals surface area contributed by atoms with Crippen molar-refractivity contribution in [2.24, 2.45) is 0 Å². The van der Waals surface area contributed by atoms with E-state index in [2.05, 4.69) is 20.0 Å². The van der Waals surface area contributed by atoms with Crippen molar-refractivity contribution < 1.29 is 13.7 Å². The molecule has 1 aliphatic rings. The second-order valence-corrected chi connectivity index (χ2v) is 9.12. The number of benzene rings is 1. The number of hydrogen-bond acceptors (Lipinski definition) is 8. The van der Waals surface area contributed by atoms with Gasteiger partial charge in [0.25, 0.3) is 0 Å². The van der Waals surface area contributed by atoms with Crippen molar-refractivity contribution in [3.05, 3.63) is 64.7 Å². The summed E-state index contributed by atoms with van der Waals surface area (Å²) in [6, 6.07) is 11.9. The maximum Gasteiger partial charge on any atom is 0.241 e. The molecular formula is C24H25N5O3S. The summed E-state index contributed by atoms with van der Waals surface area (Å²) in [4.78, 5) is 26.0. The summed E-state index contributed by atoms with van der Waals surface area (Å²) in [7, 11) is 0. The van der Waals surface area contributed by atoms with Crippen LogP contribution in [0.15, 0.2) is 50.7 Å². The van der Waals surface area contributed by atoms with Gasteiger partial charge in [-0.15, -0.1) is 11.3 Å². The molecule has 1 fully saturated rings. The zero-order valence-corrected chi connectivity index (χ0v) is 19.5. The van der Waals surface area contributed by atoms with Gasteiger partial charge < -0.3 is 13.8 Å². The molecule has 33 heavy (non-hydrogen) atoms. The van der Waals surface area contributed by atoms with Gasteiger partial charge in [0.05, 0.1) is 18.7 Å². The van der Waals surface area contributed by atoms with Crippen molar-refractivity contribution in [2.45, 2.75) is 26.8 Å². The number of aryl methyl sites for hydroxylation is 2.